The average molecular weight is 421 g/mol. The van der Waals surface area contributed by atoms with Crippen molar-refractivity contribution >= 4 is 28.9 Å². The summed E-state index contributed by atoms with van der Waals surface area (Å²) < 4.78 is 16.1. The van der Waals surface area contributed by atoms with E-state index in [-0.39, 0.29) is 22.9 Å². The molecule has 11 heteroatoms. The van der Waals surface area contributed by atoms with E-state index in [4.69, 9.17) is 11.6 Å². The first-order valence-electron chi connectivity index (χ1n) is 8.72. The predicted octanol–water partition coefficient (Wildman–Crippen LogP) is 3.72. The summed E-state index contributed by atoms with van der Waals surface area (Å²) in [7, 11) is 0. The van der Waals surface area contributed by atoms with Crippen LogP contribution in [0.5, 0.6) is 0 Å². The SMILES string of the molecule is CCn1ncc([N+](=O)[O-])c1C(=O)Nc1c(C)nn(Cc2ccc(F)cc2Cl)c1C. The van der Waals surface area contributed by atoms with E-state index in [1.165, 1.54) is 16.8 Å². The normalized spacial score (nSPS) is 10.9. The molecule has 0 unspecified atom stereocenters. The lowest BCUT2D eigenvalue weighted by Gasteiger charge is -2.09. The molecule has 3 aromatic rings. The highest BCUT2D eigenvalue weighted by Crippen LogP contribution is 2.25. The van der Waals surface area contributed by atoms with Crippen LogP contribution in [-0.2, 0) is 13.1 Å². The number of anilines is 1. The number of aryl methyl sites for hydroxylation is 2. The number of carbonyl (C=O) groups is 1. The number of rotatable bonds is 6. The summed E-state index contributed by atoms with van der Waals surface area (Å²) in [6.45, 7) is 5.76. The Bertz CT molecular complexity index is 1110. The Morgan fingerprint density at radius 3 is 2.69 bits per heavy atom. The molecule has 0 fully saturated rings. The third-order valence-corrected chi connectivity index (χ3v) is 4.84. The van der Waals surface area contributed by atoms with Gasteiger partial charge in [0.25, 0.3) is 5.91 Å². The zero-order valence-electron chi connectivity index (χ0n) is 15.9. The van der Waals surface area contributed by atoms with E-state index in [9.17, 15) is 19.3 Å². The molecule has 1 amide bonds. The zero-order chi connectivity index (χ0) is 21.3. The van der Waals surface area contributed by atoms with Gasteiger partial charge in [-0.1, -0.05) is 17.7 Å². The predicted molar refractivity (Wildman–Crippen MR) is 105 cm³/mol. The molecule has 29 heavy (non-hydrogen) atoms. The van der Waals surface area contributed by atoms with E-state index in [2.05, 4.69) is 15.5 Å². The standard InChI is InChI=1S/C18H18ClFN6O3/c1-4-24-17(15(8-21-24)26(28)29)18(27)22-16-10(2)23-25(11(16)3)9-12-5-6-13(20)7-14(12)19/h5-8H,4,9H2,1-3H3,(H,22,27). The Hall–Kier alpha value is -3.27. The third-order valence-electron chi connectivity index (χ3n) is 4.49. The van der Waals surface area contributed by atoms with E-state index in [0.29, 0.717) is 29.2 Å². The lowest BCUT2D eigenvalue weighted by atomic mass is 10.2. The van der Waals surface area contributed by atoms with E-state index in [0.717, 1.165) is 6.20 Å². The Labute approximate surface area is 170 Å². The number of aromatic nitrogens is 4. The first-order valence-corrected chi connectivity index (χ1v) is 9.10. The van der Waals surface area contributed by atoms with Crippen LogP contribution in [0.15, 0.2) is 24.4 Å². The van der Waals surface area contributed by atoms with E-state index >= 15 is 0 Å². The second-order valence-electron chi connectivity index (χ2n) is 6.34. The largest absolute Gasteiger partial charge is 0.320 e. The number of carbonyl (C=O) groups excluding carboxylic acids is 1. The molecule has 0 atom stereocenters. The van der Waals surface area contributed by atoms with Gasteiger partial charge < -0.3 is 5.32 Å². The van der Waals surface area contributed by atoms with Crippen LogP contribution in [0.3, 0.4) is 0 Å². The molecule has 0 radical (unpaired) electrons. The molecule has 0 aliphatic carbocycles. The highest BCUT2D eigenvalue weighted by Gasteiger charge is 2.27. The second-order valence-corrected chi connectivity index (χ2v) is 6.75. The molecule has 152 valence electrons. The van der Waals surface area contributed by atoms with Crippen LogP contribution in [0.1, 0.15) is 34.4 Å². The van der Waals surface area contributed by atoms with Gasteiger partial charge in [0, 0.05) is 11.6 Å². The molecule has 0 aliphatic rings. The number of hydrogen-bond acceptors (Lipinski definition) is 5. The molecule has 0 saturated heterocycles. The molecule has 2 heterocycles. The van der Waals surface area contributed by atoms with Gasteiger partial charge in [0.2, 0.25) is 5.69 Å². The molecule has 0 aliphatic heterocycles. The fourth-order valence-corrected chi connectivity index (χ4v) is 3.23. The maximum absolute atomic E-state index is 13.3. The van der Waals surface area contributed by atoms with Crippen LogP contribution in [0.4, 0.5) is 15.8 Å². The van der Waals surface area contributed by atoms with E-state index < -0.39 is 16.6 Å². The molecule has 1 aromatic carbocycles. The number of nitrogens with zero attached hydrogens (tertiary/aromatic N) is 5. The summed E-state index contributed by atoms with van der Waals surface area (Å²) >= 11 is 6.09. The highest BCUT2D eigenvalue weighted by atomic mass is 35.5. The van der Waals surface area contributed by atoms with Gasteiger partial charge in [0.15, 0.2) is 0 Å². The van der Waals surface area contributed by atoms with Crippen molar-refractivity contribution in [3.8, 4) is 0 Å². The summed E-state index contributed by atoms with van der Waals surface area (Å²) in [4.78, 5) is 23.3. The minimum atomic E-state index is -0.651. The number of benzene rings is 1. The summed E-state index contributed by atoms with van der Waals surface area (Å²) in [6.07, 6.45) is 1.05. The van der Waals surface area contributed by atoms with Crippen LogP contribution in [0.25, 0.3) is 0 Å². The monoisotopic (exact) mass is 420 g/mol. The average Bonchev–Trinajstić information content (AvgIpc) is 3.21. The first kappa shape index (κ1) is 20.5. The minimum Gasteiger partial charge on any atom is -0.317 e. The highest BCUT2D eigenvalue weighted by molar-refractivity contribution is 6.31. The maximum Gasteiger partial charge on any atom is 0.320 e. The first-order chi connectivity index (χ1) is 13.7. The smallest absolute Gasteiger partial charge is 0.317 e. The van der Waals surface area contributed by atoms with Crippen molar-refractivity contribution < 1.29 is 14.1 Å². The van der Waals surface area contributed by atoms with Crippen molar-refractivity contribution in [2.75, 3.05) is 5.32 Å². The van der Waals surface area contributed by atoms with Gasteiger partial charge in [0.05, 0.1) is 28.5 Å². The minimum absolute atomic E-state index is 0.134. The van der Waals surface area contributed by atoms with Gasteiger partial charge in [-0.05, 0) is 38.5 Å². The van der Waals surface area contributed by atoms with Gasteiger partial charge in [-0.25, -0.2) is 4.39 Å². The van der Waals surface area contributed by atoms with Gasteiger partial charge in [-0.15, -0.1) is 0 Å². The van der Waals surface area contributed by atoms with Crippen molar-refractivity contribution in [1.82, 2.24) is 19.6 Å². The fourth-order valence-electron chi connectivity index (χ4n) is 3.00. The van der Waals surface area contributed by atoms with Crippen molar-refractivity contribution in [3.63, 3.8) is 0 Å². The third kappa shape index (κ3) is 3.97. The summed E-state index contributed by atoms with van der Waals surface area (Å²) in [5.41, 5.74) is 1.75. The molecule has 3 rings (SSSR count). The number of hydrogen-bond donors (Lipinski definition) is 1. The molecule has 1 N–H and O–H groups in total. The van der Waals surface area contributed by atoms with Crippen LogP contribution in [0, 0.1) is 29.8 Å². The lowest BCUT2D eigenvalue weighted by Crippen LogP contribution is -2.19. The zero-order valence-corrected chi connectivity index (χ0v) is 16.7. The van der Waals surface area contributed by atoms with Gasteiger partial charge >= 0.3 is 5.69 Å². The topological polar surface area (TPSA) is 108 Å². The Morgan fingerprint density at radius 2 is 2.07 bits per heavy atom. The number of halogens is 2. The Kier molecular flexibility index (Phi) is 5.64. The van der Waals surface area contributed by atoms with Crippen LogP contribution in [0.2, 0.25) is 5.02 Å². The molecule has 0 spiro atoms. The molecular formula is C18H18ClFN6O3. The number of nitrogens with one attached hydrogen (secondary N) is 1. The van der Waals surface area contributed by atoms with Crippen LogP contribution >= 0.6 is 11.6 Å². The summed E-state index contributed by atoms with van der Waals surface area (Å²) in [6, 6.07) is 4.09. The second kappa shape index (κ2) is 8.00. The van der Waals surface area contributed by atoms with Crippen LogP contribution < -0.4 is 5.32 Å². The Morgan fingerprint density at radius 1 is 1.34 bits per heavy atom. The summed E-state index contributed by atoms with van der Waals surface area (Å²) in [5, 5.41) is 22.5. The number of amides is 1. The van der Waals surface area contributed by atoms with Crippen molar-refractivity contribution in [2.45, 2.75) is 33.9 Å². The summed E-state index contributed by atoms with van der Waals surface area (Å²) in [5.74, 6) is -1.09. The van der Waals surface area contributed by atoms with E-state index in [1.807, 2.05) is 0 Å². The number of nitro groups is 1. The molecule has 9 nitrogen and oxygen atoms in total. The lowest BCUT2D eigenvalue weighted by molar-refractivity contribution is -0.385. The van der Waals surface area contributed by atoms with Crippen LogP contribution in [-0.4, -0.2) is 30.4 Å². The molecule has 0 saturated carbocycles. The molecular weight excluding hydrogens is 403 g/mol. The fraction of sp³-hybridized carbons (Fsp3) is 0.278. The molecule has 0 bridgehead atoms. The van der Waals surface area contributed by atoms with Gasteiger partial charge in [0.1, 0.15) is 12.0 Å². The maximum atomic E-state index is 13.3. The van der Waals surface area contributed by atoms with Gasteiger partial charge in [-0.2, -0.15) is 10.2 Å². The van der Waals surface area contributed by atoms with E-state index in [1.54, 1.807) is 31.5 Å². The van der Waals surface area contributed by atoms with Crippen molar-refractivity contribution in [3.05, 3.63) is 68.0 Å². The quantitative estimate of drug-likeness (QED) is 0.483. The van der Waals surface area contributed by atoms with Crippen molar-refractivity contribution in [1.29, 1.82) is 0 Å². The van der Waals surface area contributed by atoms with Crippen molar-refractivity contribution in [2.24, 2.45) is 0 Å². The Balaban J connectivity index is 1.91. The van der Waals surface area contributed by atoms with Gasteiger partial charge in [-0.3, -0.25) is 24.3 Å². The molecule has 2 aromatic heterocycles.